The Morgan fingerprint density at radius 3 is 2.54 bits per heavy atom. The fourth-order valence-electron chi connectivity index (χ4n) is 4.99. The summed E-state index contributed by atoms with van der Waals surface area (Å²) >= 11 is 0. The lowest BCUT2D eigenvalue weighted by molar-refractivity contribution is -0.122. The number of hydrogen-bond donors (Lipinski definition) is 1. The van der Waals surface area contributed by atoms with E-state index in [1.54, 1.807) is 4.31 Å². The van der Waals surface area contributed by atoms with Gasteiger partial charge in [0.05, 0.1) is 6.26 Å². The van der Waals surface area contributed by atoms with Gasteiger partial charge in [-0.05, 0) is 61.0 Å². The maximum Gasteiger partial charge on any atom is 0.220 e. The Labute approximate surface area is 156 Å². The molecule has 1 aromatic carbocycles. The van der Waals surface area contributed by atoms with Gasteiger partial charge in [0, 0.05) is 25.6 Å². The Morgan fingerprint density at radius 2 is 1.92 bits per heavy atom. The number of nitrogens with one attached hydrogen (secondary N) is 1. The van der Waals surface area contributed by atoms with Crippen molar-refractivity contribution in [2.75, 3.05) is 19.3 Å². The molecule has 5 nitrogen and oxygen atoms in total. The molecule has 142 valence electrons. The second kappa shape index (κ2) is 6.64. The van der Waals surface area contributed by atoms with E-state index < -0.39 is 10.0 Å². The van der Waals surface area contributed by atoms with Crippen LogP contribution in [0.15, 0.2) is 24.3 Å². The highest BCUT2D eigenvalue weighted by molar-refractivity contribution is 7.88. The topological polar surface area (TPSA) is 66.5 Å². The standard InChI is InChI=1S/C20H28N2O3S/c1-26(24,25)22-11-9-20(10-12-22)14-15(17-7-2-3-8-18(17)20)13-19(23)21-16-5-4-6-16/h2-3,7-8,15-16H,4-6,9-14H2,1H3,(H,21,23)/t15-/m0/s1. The first-order chi connectivity index (χ1) is 12.4. The highest BCUT2D eigenvalue weighted by atomic mass is 32.2. The summed E-state index contributed by atoms with van der Waals surface area (Å²) < 4.78 is 25.3. The number of amides is 1. The first-order valence-corrected chi connectivity index (χ1v) is 11.6. The van der Waals surface area contributed by atoms with Crippen LogP contribution in [0.4, 0.5) is 0 Å². The second-order valence-electron chi connectivity index (χ2n) is 8.33. The van der Waals surface area contributed by atoms with Gasteiger partial charge in [-0.15, -0.1) is 0 Å². The summed E-state index contributed by atoms with van der Waals surface area (Å²) in [7, 11) is -3.12. The number of hydrogen-bond acceptors (Lipinski definition) is 3. The van der Waals surface area contributed by atoms with Crippen molar-refractivity contribution in [2.24, 2.45) is 0 Å². The number of carbonyl (C=O) groups excluding carboxylic acids is 1. The van der Waals surface area contributed by atoms with Crippen LogP contribution in [-0.4, -0.2) is 44.0 Å². The average Bonchev–Trinajstić information content (AvgIpc) is 2.85. The molecule has 6 heteroatoms. The van der Waals surface area contributed by atoms with Crippen LogP contribution in [0.1, 0.15) is 62.0 Å². The molecule has 1 aliphatic heterocycles. The van der Waals surface area contributed by atoms with Crippen LogP contribution in [-0.2, 0) is 20.2 Å². The molecule has 0 radical (unpaired) electrons. The third-order valence-corrected chi connectivity index (χ3v) is 7.96. The maximum absolute atomic E-state index is 12.5. The fourth-order valence-corrected chi connectivity index (χ4v) is 5.84. The highest BCUT2D eigenvalue weighted by Crippen LogP contribution is 2.52. The molecule has 4 rings (SSSR count). The molecule has 3 aliphatic rings. The van der Waals surface area contributed by atoms with Gasteiger partial charge < -0.3 is 5.32 Å². The monoisotopic (exact) mass is 376 g/mol. The Kier molecular flexibility index (Phi) is 4.59. The van der Waals surface area contributed by atoms with Gasteiger partial charge in [0.2, 0.25) is 15.9 Å². The van der Waals surface area contributed by atoms with Crippen LogP contribution in [0.5, 0.6) is 0 Å². The van der Waals surface area contributed by atoms with Gasteiger partial charge in [0.15, 0.2) is 0 Å². The molecule has 1 atom stereocenters. The number of nitrogens with zero attached hydrogens (tertiary/aromatic N) is 1. The van der Waals surface area contributed by atoms with Crippen LogP contribution >= 0.6 is 0 Å². The van der Waals surface area contributed by atoms with Crippen molar-refractivity contribution in [2.45, 2.75) is 62.3 Å². The van der Waals surface area contributed by atoms with Crippen LogP contribution < -0.4 is 5.32 Å². The molecule has 26 heavy (non-hydrogen) atoms. The summed E-state index contributed by atoms with van der Waals surface area (Å²) in [5.74, 6) is 0.413. The zero-order valence-corrected chi connectivity index (χ0v) is 16.2. The van der Waals surface area contributed by atoms with Gasteiger partial charge in [0.25, 0.3) is 0 Å². The van der Waals surface area contributed by atoms with Crippen molar-refractivity contribution >= 4 is 15.9 Å². The molecule has 0 aromatic heterocycles. The zero-order chi connectivity index (χ0) is 18.4. The molecular formula is C20H28N2O3S. The Morgan fingerprint density at radius 1 is 1.23 bits per heavy atom. The minimum Gasteiger partial charge on any atom is -0.353 e. The number of rotatable bonds is 4. The van der Waals surface area contributed by atoms with Crippen LogP contribution in [0, 0.1) is 0 Å². The van der Waals surface area contributed by atoms with Crippen molar-refractivity contribution in [1.82, 2.24) is 9.62 Å². The van der Waals surface area contributed by atoms with Gasteiger partial charge in [-0.3, -0.25) is 4.79 Å². The largest absolute Gasteiger partial charge is 0.353 e. The lowest BCUT2D eigenvalue weighted by Gasteiger charge is -2.39. The van der Waals surface area contributed by atoms with Gasteiger partial charge in [-0.2, -0.15) is 0 Å². The minimum absolute atomic E-state index is 0.0270. The molecule has 1 amide bonds. The zero-order valence-electron chi connectivity index (χ0n) is 15.4. The predicted molar refractivity (Wildman–Crippen MR) is 102 cm³/mol. The molecule has 2 aliphatic carbocycles. The fraction of sp³-hybridized carbons (Fsp3) is 0.650. The summed E-state index contributed by atoms with van der Waals surface area (Å²) in [6, 6.07) is 8.86. The smallest absolute Gasteiger partial charge is 0.220 e. The molecule has 0 unspecified atom stereocenters. The molecule has 1 saturated carbocycles. The van der Waals surface area contributed by atoms with E-state index in [9.17, 15) is 13.2 Å². The van der Waals surface area contributed by atoms with Gasteiger partial charge in [-0.1, -0.05) is 24.3 Å². The molecule has 0 bridgehead atoms. The Bertz CT molecular complexity index is 793. The summed E-state index contributed by atoms with van der Waals surface area (Å²) in [4.78, 5) is 12.5. The van der Waals surface area contributed by atoms with Crippen molar-refractivity contribution in [3.05, 3.63) is 35.4 Å². The summed E-state index contributed by atoms with van der Waals surface area (Å²) in [6.45, 7) is 1.16. The third-order valence-electron chi connectivity index (χ3n) is 6.66. The predicted octanol–water partition coefficient (Wildman–Crippen LogP) is 2.53. The van der Waals surface area contributed by atoms with Crippen molar-refractivity contribution < 1.29 is 13.2 Å². The molecule has 1 N–H and O–H groups in total. The van der Waals surface area contributed by atoms with E-state index in [1.165, 1.54) is 23.8 Å². The summed E-state index contributed by atoms with van der Waals surface area (Å²) in [5, 5.41) is 3.17. The van der Waals surface area contributed by atoms with Gasteiger partial charge in [-0.25, -0.2) is 12.7 Å². The number of carbonyl (C=O) groups is 1. The average molecular weight is 377 g/mol. The van der Waals surface area contributed by atoms with Crippen LogP contribution in [0.3, 0.4) is 0 Å². The summed E-state index contributed by atoms with van der Waals surface area (Å²) in [5.41, 5.74) is 2.66. The molecule has 1 aromatic rings. The number of sulfonamides is 1. The van der Waals surface area contributed by atoms with Crippen LogP contribution in [0.25, 0.3) is 0 Å². The number of piperidine rings is 1. The molecule has 1 heterocycles. The molecule has 1 saturated heterocycles. The lowest BCUT2D eigenvalue weighted by atomic mass is 9.73. The van der Waals surface area contributed by atoms with E-state index in [2.05, 4.69) is 29.6 Å². The van der Waals surface area contributed by atoms with E-state index >= 15 is 0 Å². The first-order valence-electron chi connectivity index (χ1n) is 9.71. The van der Waals surface area contributed by atoms with Crippen molar-refractivity contribution in [3.8, 4) is 0 Å². The third kappa shape index (κ3) is 3.29. The summed E-state index contributed by atoms with van der Waals surface area (Å²) in [6.07, 6.45) is 7.93. The highest BCUT2D eigenvalue weighted by Gasteiger charge is 2.46. The van der Waals surface area contributed by atoms with E-state index in [1.807, 2.05) is 0 Å². The normalized spacial score (nSPS) is 25.7. The van der Waals surface area contributed by atoms with E-state index in [-0.39, 0.29) is 17.2 Å². The second-order valence-corrected chi connectivity index (χ2v) is 10.3. The van der Waals surface area contributed by atoms with Crippen molar-refractivity contribution in [1.29, 1.82) is 0 Å². The quantitative estimate of drug-likeness (QED) is 0.878. The van der Waals surface area contributed by atoms with Gasteiger partial charge >= 0.3 is 0 Å². The van der Waals surface area contributed by atoms with E-state index in [0.717, 1.165) is 32.1 Å². The Hall–Kier alpha value is -1.40. The lowest BCUT2D eigenvalue weighted by Crippen LogP contribution is -2.44. The Balaban J connectivity index is 1.50. The molecular weight excluding hydrogens is 348 g/mol. The van der Waals surface area contributed by atoms with E-state index in [4.69, 9.17) is 0 Å². The van der Waals surface area contributed by atoms with Crippen molar-refractivity contribution in [3.63, 3.8) is 0 Å². The van der Waals surface area contributed by atoms with Gasteiger partial charge in [0.1, 0.15) is 0 Å². The molecule has 1 spiro atoms. The van der Waals surface area contributed by atoms with Crippen LogP contribution in [0.2, 0.25) is 0 Å². The number of benzene rings is 1. The van der Waals surface area contributed by atoms with E-state index in [0.29, 0.717) is 25.6 Å². The minimum atomic E-state index is -3.12. The first kappa shape index (κ1) is 18.0. The number of fused-ring (bicyclic) bond motifs is 2. The SMILES string of the molecule is CS(=O)(=O)N1CCC2(CC1)C[C@H](CC(=O)NC1CCC1)c1ccccc12. The molecule has 2 fully saturated rings. The maximum atomic E-state index is 12.5.